The Bertz CT molecular complexity index is 1630. The number of hydrogen-bond acceptors (Lipinski definition) is 5. The van der Waals surface area contributed by atoms with E-state index in [-0.39, 0.29) is 28.8 Å². The summed E-state index contributed by atoms with van der Waals surface area (Å²) in [5.41, 5.74) is 3.13. The highest BCUT2D eigenvalue weighted by molar-refractivity contribution is 7.84. The van der Waals surface area contributed by atoms with Crippen molar-refractivity contribution >= 4 is 28.0 Å². The van der Waals surface area contributed by atoms with E-state index in [0.29, 0.717) is 33.7 Å². The van der Waals surface area contributed by atoms with Gasteiger partial charge < -0.3 is 9.14 Å². The fraction of sp³-hybridized carbons (Fsp3) is 0.192. The molecular formula is C26H20F2N4O3S. The summed E-state index contributed by atoms with van der Waals surface area (Å²) in [7, 11) is -1.44. The summed E-state index contributed by atoms with van der Waals surface area (Å²) in [5, 5.41) is 9.31. The summed E-state index contributed by atoms with van der Waals surface area (Å²) < 4.78 is 48.8. The van der Waals surface area contributed by atoms with E-state index in [0.717, 1.165) is 6.07 Å². The zero-order valence-corrected chi connectivity index (χ0v) is 20.4. The summed E-state index contributed by atoms with van der Waals surface area (Å²) >= 11 is 0. The molecule has 1 aliphatic rings. The van der Waals surface area contributed by atoms with Crippen molar-refractivity contribution in [3.05, 3.63) is 77.2 Å². The van der Waals surface area contributed by atoms with Gasteiger partial charge in [0.25, 0.3) is 5.91 Å². The molecular weight excluding hydrogens is 486 g/mol. The predicted molar refractivity (Wildman–Crippen MR) is 130 cm³/mol. The number of carbonyl (C=O) groups excluding carboxylic acids is 1. The van der Waals surface area contributed by atoms with Crippen LogP contribution in [0.5, 0.6) is 5.75 Å². The van der Waals surface area contributed by atoms with Crippen molar-refractivity contribution in [3.8, 4) is 22.9 Å². The van der Waals surface area contributed by atoms with Gasteiger partial charge in [0.05, 0.1) is 29.2 Å². The number of benzene rings is 2. The maximum Gasteiger partial charge on any atom is 0.268 e. The van der Waals surface area contributed by atoms with Crippen molar-refractivity contribution in [2.45, 2.75) is 31.4 Å². The van der Waals surface area contributed by atoms with E-state index in [1.807, 2.05) is 0 Å². The summed E-state index contributed by atoms with van der Waals surface area (Å²) in [6.07, 6.45) is 2.13. The van der Waals surface area contributed by atoms with E-state index in [1.165, 1.54) is 36.3 Å². The zero-order chi connectivity index (χ0) is 25.7. The van der Waals surface area contributed by atoms with Gasteiger partial charge in [-0.05, 0) is 67.4 Å². The summed E-state index contributed by atoms with van der Waals surface area (Å²) in [5.74, 6) is -1.80. The highest BCUT2D eigenvalue weighted by atomic mass is 32.2. The van der Waals surface area contributed by atoms with Gasteiger partial charge in [-0.3, -0.25) is 13.9 Å². The van der Waals surface area contributed by atoms with Crippen LogP contribution in [0, 0.1) is 29.9 Å². The number of anilines is 1. The molecule has 0 N–H and O–H groups in total. The Hall–Kier alpha value is -4.10. The summed E-state index contributed by atoms with van der Waals surface area (Å²) in [6.45, 7) is 3.37. The minimum atomic E-state index is -1.44. The molecule has 2 aromatic heterocycles. The lowest BCUT2D eigenvalue weighted by molar-refractivity contribution is -0.125. The number of aromatic nitrogens is 2. The fourth-order valence-corrected chi connectivity index (χ4v) is 4.88. The van der Waals surface area contributed by atoms with Crippen LogP contribution in [-0.4, -0.2) is 31.9 Å². The molecule has 0 bridgehead atoms. The molecule has 3 heterocycles. The maximum absolute atomic E-state index is 15.3. The van der Waals surface area contributed by atoms with Crippen LogP contribution in [0.25, 0.3) is 16.8 Å². The Kier molecular flexibility index (Phi) is 5.80. The number of amides is 1. The van der Waals surface area contributed by atoms with Crippen molar-refractivity contribution < 1.29 is 22.5 Å². The van der Waals surface area contributed by atoms with Crippen LogP contribution < -0.4 is 9.64 Å². The van der Waals surface area contributed by atoms with Crippen LogP contribution in [0.3, 0.4) is 0 Å². The Labute approximate surface area is 208 Å². The van der Waals surface area contributed by atoms with E-state index in [4.69, 9.17) is 4.74 Å². The lowest BCUT2D eigenvalue weighted by atomic mass is 10.0. The van der Waals surface area contributed by atoms with Crippen molar-refractivity contribution in [3.63, 3.8) is 0 Å². The number of rotatable bonds is 4. The van der Waals surface area contributed by atoms with Gasteiger partial charge in [-0.1, -0.05) is 0 Å². The van der Waals surface area contributed by atoms with Gasteiger partial charge in [-0.15, -0.1) is 0 Å². The van der Waals surface area contributed by atoms with Crippen molar-refractivity contribution in [1.29, 1.82) is 5.26 Å². The van der Waals surface area contributed by atoms with Crippen LogP contribution in [0.1, 0.15) is 23.9 Å². The largest absolute Gasteiger partial charge is 0.476 e. The Morgan fingerprint density at radius 1 is 1.17 bits per heavy atom. The molecule has 10 heteroatoms. The fourth-order valence-electron chi connectivity index (χ4n) is 4.30. The second-order valence-electron chi connectivity index (χ2n) is 8.52. The molecule has 182 valence electrons. The van der Waals surface area contributed by atoms with E-state index in [2.05, 4.69) is 11.1 Å². The SMILES string of the molecule is Cc1nc2ccc(C#N)cn2c1CN1C(=O)[C@@H](C)Oc2c(F)cc(-c3cc(F)cc(S(C)=O)c3)cc21. The normalized spacial score (nSPS) is 15.9. The van der Waals surface area contributed by atoms with Crippen LogP contribution in [0.2, 0.25) is 0 Å². The van der Waals surface area contributed by atoms with Gasteiger partial charge in [0.15, 0.2) is 17.7 Å². The molecule has 1 aliphatic heterocycles. The van der Waals surface area contributed by atoms with Gasteiger partial charge in [0.1, 0.15) is 17.5 Å². The molecule has 2 aromatic carbocycles. The molecule has 5 rings (SSSR count). The Balaban J connectivity index is 1.66. The maximum atomic E-state index is 15.3. The third kappa shape index (κ3) is 4.01. The summed E-state index contributed by atoms with van der Waals surface area (Å²) in [6, 6.07) is 12.1. The minimum absolute atomic E-state index is 0.0394. The van der Waals surface area contributed by atoms with Crippen LogP contribution in [0.4, 0.5) is 14.5 Å². The lowest BCUT2D eigenvalue weighted by Crippen LogP contribution is -2.44. The van der Waals surface area contributed by atoms with Gasteiger partial charge >= 0.3 is 0 Å². The van der Waals surface area contributed by atoms with E-state index < -0.39 is 28.5 Å². The van der Waals surface area contributed by atoms with E-state index in [1.54, 1.807) is 35.7 Å². The quantitative estimate of drug-likeness (QED) is 0.406. The average Bonchev–Trinajstić information content (AvgIpc) is 3.15. The summed E-state index contributed by atoms with van der Waals surface area (Å²) in [4.78, 5) is 19.4. The first-order chi connectivity index (χ1) is 17.2. The van der Waals surface area contributed by atoms with Gasteiger partial charge in [0.2, 0.25) is 0 Å². The Morgan fingerprint density at radius 2 is 1.92 bits per heavy atom. The molecule has 2 atom stereocenters. The number of aryl methyl sites for hydroxylation is 1. The highest BCUT2D eigenvalue weighted by Crippen LogP contribution is 2.41. The second-order valence-corrected chi connectivity index (χ2v) is 9.90. The highest BCUT2D eigenvalue weighted by Gasteiger charge is 2.35. The van der Waals surface area contributed by atoms with Crippen LogP contribution >= 0.6 is 0 Å². The number of pyridine rings is 1. The molecule has 0 spiro atoms. The molecule has 1 unspecified atom stereocenters. The molecule has 4 aromatic rings. The molecule has 1 amide bonds. The third-order valence-electron chi connectivity index (χ3n) is 6.11. The standard InChI is InChI=1S/C26H20F2N4O3S/c1-14-23(31-12-16(11-29)4-5-24(31)30-14)13-32-22-9-18(8-21(28)25(22)35-15(2)26(32)33)17-6-19(27)10-20(7-17)36(3)34/h4-10,12,15H,13H2,1-3H3/t15-,36?/m1/s1. The molecule has 36 heavy (non-hydrogen) atoms. The Morgan fingerprint density at radius 3 is 2.64 bits per heavy atom. The number of nitriles is 1. The number of halogens is 2. The van der Waals surface area contributed by atoms with Crippen LogP contribution in [-0.2, 0) is 22.1 Å². The van der Waals surface area contributed by atoms with Crippen molar-refractivity contribution in [2.24, 2.45) is 0 Å². The number of ether oxygens (including phenoxy) is 1. The predicted octanol–water partition coefficient (Wildman–Crippen LogP) is 4.51. The molecule has 0 saturated carbocycles. The first kappa shape index (κ1) is 23.6. The van der Waals surface area contributed by atoms with Crippen molar-refractivity contribution in [1.82, 2.24) is 9.38 Å². The molecule has 0 saturated heterocycles. The average molecular weight is 507 g/mol. The number of hydrogen-bond donors (Lipinski definition) is 0. The first-order valence-corrected chi connectivity index (χ1v) is 12.6. The number of fused-ring (bicyclic) bond motifs is 2. The first-order valence-electron chi connectivity index (χ1n) is 11.0. The number of nitrogens with zero attached hydrogens (tertiary/aromatic N) is 4. The number of imidazole rings is 1. The molecule has 0 fully saturated rings. The van der Waals surface area contributed by atoms with E-state index in [9.17, 15) is 18.7 Å². The third-order valence-corrected chi connectivity index (χ3v) is 7.01. The smallest absolute Gasteiger partial charge is 0.268 e. The topological polar surface area (TPSA) is 87.7 Å². The van der Waals surface area contributed by atoms with Gasteiger partial charge in [-0.2, -0.15) is 5.26 Å². The lowest BCUT2D eigenvalue weighted by Gasteiger charge is -2.33. The van der Waals surface area contributed by atoms with Gasteiger partial charge in [-0.25, -0.2) is 13.8 Å². The monoisotopic (exact) mass is 506 g/mol. The molecule has 0 aliphatic carbocycles. The zero-order valence-electron chi connectivity index (χ0n) is 19.6. The van der Waals surface area contributed by atoms with Gasteiger partial charge in [0, 0.05) is 28.1 Å². The van der Waals surface area contributed by atoms with Crippen molar-refractivity contribution in [2.75, 3.05) is 11.2 Å². The minimum Gasteiger partial charge on any atom is -0.476 e. The molecule has 7 nitrogen and oxygen atoms in total. The second kappa shape index (κ2) is 8.84. The molecule has 0 radical (unpaired) electrons. The van der Waals surface area contributed by atoms with E-state index >= 15 is 4.39 Å². The number of carbonyl (C=O) groups is 1. The van der Waals surface area contributed by atoms with Crippen LogP contribution in [0.15, 0.2) is 53.6 Å².